The molecule has 1 fully saturated rings. The standard InChI is InChI=1S/C46H90O9/c1-3-5-7-9-11-12-13-14-15-16-17-18-19-20-21-22-23-24-25-26-27-28-29-30-32-34-36-52-38-40(54-42(48)35-33-31-10-8-6-4-2)39-53-46-45(51)44(50)43(49)41(37-47)55-46/h40-41,43-47,49-51H,3-39H2,1-2H3. The van der Waals surface area contributed by atoms with Gasteiger partial charge in [-0.2, -0.15) is 0 Å². The molecule has 0 bridgehead atoms. The first-order chi connectivity index (χ1) is 26.9. The second-order valence-corrected chi connectivity index (χ2v) is 16.6. The molecule has 1 saturated heterocycles. The average molecular weight is 787 g/mol. The smallest absolute Gasteiger partial charge is 0.306 e. The number of esters is 1. The maximum absolute atomic E-state index is 12.6. The summed E-state index contributed by atoms with van der Waals surface area (Å²) < 4.78 is 22.7. The monoisotopic (exact) mass is 787 g/mol. The van der Waals surface area contributed by atoms with Gasteiger partial charge in [0.05, 0.1) is 19.8 Å². The Morgan fingerprint density at radius 1 is 0.509 bits per heavy atom. The molecular weight excluding hydrogens is 696 g/mol. The Morgan fingerprint density at radius 3 is 1.29 bits per heavy atom. The van der Waals surface area contributed by atoms with Crippen LogP contribution < -0.4 is 0 Å². The Bertz CT molecular complexity index is 812. The first kappa shape index (κ1) is 52.2. The summed E-state index contributed by atoms with van der Waals surface area (Å²) in [7, 11) is 0. The van der Waals surface area contributed by atoms with E-state index in [0.29, 0.717) is 13.0 Å². The predicted octanol–water partition coefficient (Wildman–Crippen LogP) is 10.6. The lowest BCUT2D eigenvalue weighted by atomic mass is 9.99. The van der Waals surface area contributed by atoms with Crippen molar-refractivity contribution in [1.29, 1.82) is 0 Å². The highest BCUT2D eigenvalue weighted by Crippen LogP contribution is 2.23. The van der Waals surface area contributed by atoms with Crippen LogP contribution in [0.25, 0.3) is 0 Å². The fourth-order valence-electron chi connectivity index (χ4n) is 7.55. The Hall–Kier alpha value is -0.810. The van der Waals surface area contributed by atoms with Crippen molar-refractivity contribution in [1.82, 2.24) is 0 Å². The van der Waals surface area contributed by atoms with Crippen LogP contribution in [0, 0.1) is 0 Å². The molecule has 0 aliphatic carbocycles. The van der Waals surface area contributed by atoms with Crippen molar-refractivity contribution in [3.63, 3.8) is 0 Å². The Balaban J connectivity index is 2.04. The van der Waals surface area contributed by atoms with Gasteiger partial charge in [0.2, 0.25) is 0 Å². The number of aliphatic hydroxyl groups is 4. The van der Waals surface area contributed by atoms with E-state index in [0.717, 1.165) is 32.1 Å². The number of hydrogen-bond donors (Lipinski definition) is 4. The van der Waals surface area contributed by atoms with Crippen LogP contribution in [0.4, 0.5) is 0 Å². The number of aliphatic hydroxyl groups excluding tert-OH is 4. The molecule has 0 aromatic rings. The zero-order valence-electron chi connectivity index (χ0n) is 36.0. The normalized spacial score (nSPS) is 20.6. The van der Waals surface area contributed by atoms with E-state index in [-0.39, 0.29) is 19.2 Å². The molecule has 0 aromatic carbocycles. The maximum Gasteiger partial charge on any atom is 0.306 e. The molecular formula is C46H90O9. The number of ether oxygens (including phenoxy) is 4. The lowest BCUT2D eigenvalue weighted by Crippen LogP contribution is -2.59. The van der Waals surface area contributed by atoms with Crippen molar-refractivity contribution in [2.24, 2.45) is 0 Å². The molecule has 0 amide bonds. The summed E-state index contributed by atoms with van der Waals surface area (Å²) in [5.74, 6) is -0.318. The van der Waals surface area contributed by atoms with Gasteiger partial charge >= 0.3 is 5.97 Å². The van der Waals surface area contributed by atoms with Crippen LogP contribution in [-0.4, -0.2) is 89.6 Å². The van der Waals surface area contributed by atoms with Crippen molar-refractivity contribution < 1.29 is 44.2 Å². The largest absolute Gasteiger partial charge is 0.457 e. The van der Waals surface area contributed by atoms with E-state index in [1.807, 2.05) is 0 Å². The molecule has 0 saturated carbocycles. The fourth-order valence-corrected chi connectivity index (χ4v) is 7.55. The SMILES string of the molecule is CCCCCCCCCCCCCCCCCCCCCCCCCCCCOCC(COC1OC(CO)C(O)C(O)C1O)OC(=O)CCCCCCCC. The van der Waals surface area contributed by atoms with Crippen LogP contribution in [-0.2, 0) is 23.7 Å². The van der Waals surface area contributed by atoms with Crippen LogP contribution in [0.3, 0.4) is 0 Å². The van der Waals surface area contributed by atoms with Crippen LogP contribution in [0.1, 0.15) is 226 Å². The highest BCUT2D eigenvalue weighted by molar-refractivity contribution is 5.69. The molecule has 1 rings (SSSR count). The second-order valence-electron chi connectivity index (χ2n) is 16.6. The van der Waals surface area contributed by atoms with Gasteiger partial charge in [0.25, 0.3) is 0 Å². The van der Waals surface area contributed by atoms with Crippen molar-refractivity contribution in [3.8, 4) is 0 Å². The summed E-state index contributed by atoms with van der Waals surface area (Å²) in [6.45, 7) is 4.54. The number of hydrogen-bond acceptors (Lipinski definition) is 9. The van der Waals surface area contributed by atoms with Crippen molar-refractivity contribution in [3.05, 3.63) is 0 Å². The lowest BCUT2D eigenvalue weighted by molar-refractivity contribution is -0.305. The minimum absolute atomic E-state index is 0.107. The van der Waals surface area contributed by atoms with Crippen molar-refractivity contribution in [2.45, 2.75) is 263 Å². The summed E-state index contributed by atoms with van der Waals surface area (Å²) in [6.07, 6.45) is 34.7. The Kier molecular flexibility index (Phi) is 36.7. The minimum Gasteiger partial charge on any atom is -0.457 e. The molecule has 0 radical (unpaired) electrons. The van der Waals surface area contributed by atoms with Gasteiger partial charge in [-0.3, -0.25) is 4.79 Å². The van der Waals surface area contributed by atoms with Crippen LogP contribution in [0.15, 0.2) is 0 Å². The van der Waals surface area contributed by atoms with Gasteiger partial charge in [0, 0.05) is 13.0 Å². The van der Waals surface area contributed by atoms with Gasteiger partial charge in [-0.05, 0) is 12.8 Å². The molecule has 328 valence electrons. The summed E-state index contributed by atoms with van der Waals surface area (Å²) in [4.78, 5) is 12.6. The molecule has 55 heavy (non-hydrogen) atoms. The van der Waals surface area contributed by atoms with Crippen molar-refractivity contribution in [2.75, 3.05) is 26.4 Å². The third kappa shape index (κ3) is 30.0. The fraction of sp³-hybridized carbons (Fsp3) is 0.978. The van der Waals surface area contributed by atoms with E-state index in [4.69, 9.17) is 18.9 Å². The highest BCUT2D eigenvalue weighted by atomic mass is 16.7. The molecule has 0 aromatic heterocycles. The molecule has 4 N–H and O–H groups in total. The van der Waals surface area contributed by atoms with E-state index < -0.39 is 43.4 Å². The van der Waals surface area contributed by atoms with E-state index in [9.17, 15) is 25.2 Å². The van der Waals surface area contributed by atoms with E-state index >= 15 is 0 Å². The first-order valence-electron chi connectivity index (χ1n) is 23.6. The summed E-state index contributed by atoms with van der Waals surface area (Å²) in [5.41, 5.74) is 0. The molecule has 6 atom stereocenters. The van der Waals surface area contributed by atoms with E-state index in [1.165, 1.54) is 173 Å². The third-order valence-corrected chi connectivity index (χ3v) is 11.3. The molecule has 0 spiro atoms. The molecule has 1 aliphatic rings. The predicted molar refractivity (Wildman–Crippen MR) is 224 cm³/mol. The zero-order chi connectivity index (χ0) is 40.0. The second kappa shape index (κ2) is 38.7. The van der Waals surface area contributed by atoms with Gasteiger partial charge in [0.1, 0.15) is 30.5 Å². The van der Waals surface area contributed by atoms with Gasteiger partial charge in [-0.15, -0.1) is 0 Å². The third-order valence-electron chi connectivity index (χ3n) is 11.3. The maximum atomic E-state index is 12.6. The highest BCUT2D eigenvalue weighted by Gasteiger charge is 2.44. The van der Waals surface area contributed by atoms with Crippen LogP contribution in [0.5, 0.6) is 0 Å². The lowest BCUT2D eigenvalue weighted by Gasteiger charge is -2.39. The van der Waals surface area contributed by atoms with Gasteiger partial charge in [-0.1, -0.05) is 206 Å². The quantitative estimate of drug-likeness (QED) is 0.0353. The minimum atomic E-state index is -1.53. The zero-order valence-corrected chi connectivity index (χ0v) is 36.0. The number of unbranched alkanes of at least 4 members (excludes halogenated alkanes) is 30. The summed E-state index contributed by atoms with van der Waals surface area (Å²) >= 11 is 0. The summed E-state index contributed by atoms with van der Waals surface area (Å²) in [5, 5.41) is 39.9. The van der Waals surface area contributed by atoms with Crippen LogP contribution >= 0.6 is 0 Å². The van der Waals surface area contributed by atoms with Gasteiger partial charge in [-0.25, -0.2) is 0 Å². The van der Waals surface area contributed by atoms with E-state index in [1.54, 1.807) is 0 Å². The number of rotatable bonds is 41. The van der Waals surface area contributed by atoms with Gasteiger partial charge in [0.15, 0.2) is 6.29 Å². The molecule has 9 heteroatoms. The molecule has 1 heterocycles. The molecule has 6 unspecified atom stereocenters. The molecule has 9 nitrogen and oxygen atoms in total. The van der Waals surface area contributed by atoms with Gasteiger partial charge < -0.3 is 39.4 Å². The number of carbonyl (C=O) groups excluding carboxylic acids is 1. The van der Waals surface area contributed by atoms with Crippen LogP contribution in [0.2, 0.25) is 0 Å². The topological polar surface area (TPSA) is 135 Å². The van der Waals surface area contributed by atoms with Crippen molar-refractivity contribution >= 4 is 5.97 Å². The Labute approximate surface area is 338 Å². The summed E-state index contributed by atoms with van der Waals surface area (Å²) in [6, 6.07) is 0. The first-order valence-corrected chi connectivity index (χ1v) is 23.6. The Morgan fingerprint density at radius 2 is 0.891 bits per heavy atom. The molecule has 1 aliphatic heterocycles. The van der Waals surface area contributed by atoms with E-state index in [2.05, 4.69) is 13.8 Å². The average Bonchev–Trinajstić information content (AvgIpc) is 3.18. The number of carbonyl (C=O) groups is 1.